The number of ether oxygens (including phenoxy) is 1. The Morgan fingerprint density at radius 2 is 2.12 bits per heavy atom. The quantitative estimate of drug-likeness (QED) is 0.753. The minimum Gasteiger partial charge on any atom is -0.477 e. The van der Waals surface area contributed by atoms with Crippen molar-refractivity contribution in [3.8, 4) is 5.88 Å². The van der Waals surface area contributed by atoms with Crippen molar-refractivity contribution in [2.24, 2.45) is 5.92 Å². The van der Waals surface area contributed by atoms with Crippen LogP contribution < -0.4 is 10.1 Å². The summed E-state index contributed by atoms with van der Waals surface area (Å²) in [5.41, 5.74) is 0.967. The molecule has 0 aliphatic rings. The number of rotatable bonds is 6. The number of aromatic nitrogens is 2. The normalized spacial score (nSPS) is 10.6. The van der Waals surface area contributed by atoms with Gasteiger partial charge in [0.05, 0.1) is 12.2 Å². The van der Waals surface area contributed by atoms with E-state index in [0.29, 0.717) is 5.88 Å². The van der Waals surface area contributed by atoms with Gasteiger partial charge in [-0.1, -0.05) is 13.8 Å². The molecule has 0 saturated carbocycles. The Balaban J connectivity index is 2.47. The van der Waals surface area contributed by atoms with E-state index in [1.807, 2.05) is 14.0 Å². The lowest BCUT2D eigenvalue weighted by atomic mass is 10.1. The molecular weight excluding hydrogens is 202 g/mol. The zero-order chi connectivity index (χ0) is 12.0. The Hall–Kier alpha value is -1.32. The van der Waals surface area contributed by atoms with E-state index in [1.54, 1.807) is 0 Å². The molecule has 0 aromatic carbocycles. The summed E-state index contributed by atoms with van der Waals surface area (Å²) in [4.78, 5) is 8.24. The van der Waals surface area contributed by atoms with Crippen LogP contribution >= 0.6 is 0 Å². The Morgan fingerprint density at radius 1 is 1.38 bits per heavy atom. The molecule has 1 aromatic heterocycles. The minimum atomic E-state index is 0.683. The summed E-state index contributed by atoms with van der Waals surface area (Å²) in [6.07, 6.45) is 3.77. The SMILES string of the molecule is CNc1ncnc(OCCCC(C)C)c1C. The van der Waals surface area contributed by atoms with Crippen molar-refractivity contribution in [2.45, 2.75) is 33.6 Å². The molecular formula is C12H21N3O. The molecule has 1 rings (SSSR count). The van der Waals surface area contributed by atoms with Crippen molar-refractivity contribution in [2.75, 3.05) is 19.0 Å². The zero-order valence-electron chi connectivity index (χ0n) is 10.6. The molecule has 0 radical (unpaired) electrons. The lowest BCUT2D eigenvalue weighted by molar-refractivity contribution is 0.285. The summed E-state index contributed by atoms with van der Waals surface area (Å²) in [6, 6.07) is 0. The molecule has 0 aliphatic carbocycles. The number of nitrogens with one attached hydrogen (secondary N) is 1. The molecule has 16 heavy (non-hydrogen) atoms. The van der Waals surface area contributed by atoms with Gasteiger partial charge in [0.1, 0.15) is 12.1 Å². The highest BCUT2D eigenvalue weighted by atomic mass is 16.5. The molecule has 1 aromatic rings. The Kier molecular flexibility index (Phi) is 5.02. The molecule has 90 valence electrons. The van der Waals surface area contributed by atoms with Gasteiger partial charge in [-0.2, -0.15) is 0 Å². The van der Waals surface area contributed by atoms with Gasteiger partial charge >= 0.3 is 0 Å². The fourth-order valence-electron chi connectivity index (χ4n) is 1.49. The molecule has 0 fully saturated rings. The van der Waals surface area contributed by atoms with Crippen molar-refractivity contribution < 1.29 is 4.74 Å². The van der Waals surface area contributed by atoms with E-state index in [9.17, 15) is 0 Å². The smallest absolute Gasteiger partial charge is 0.221 e. The van der Waals surface area contributed by atoms with Crippen LogP contribution in [0.3, 0.4) is 0 Å². The Bertz CT molecular complexity index is 326. The molecule has 4 nitrogen and oxygen atoms in total. The summed E-state index contributed by atoms with van der Waals surface area (Å²) in [5.74, 6) is 2.24. The van der Waals surface area contributed by atoms with Crippen molar-refractivity contribution in [1.82, 2.24) is 9.97 Å². The van der Waals surface area contributed by atoms with E-state index in [-0.39, 0.29) is 0 Å². The Labute approximate surface area is 97.5 Å². The van der Waals surface area contributed by atoms with Gasteiger partial charge in [0.15, 0.2) is 0 Å². The molecule has 1 heterocycles. The van der Waals surface area contributed by atoms with Crippen LogP contribution in [-0.4, -0.2) is 23.6 Å². The van der Waals surface area contributed by atoms with Crippen LogP contribution in [0.5, 0.6) is 5.88 Å². The van der Waals surface area contributed by atoms with E-state index in [2.05, 4.69) is 29.1 Å². The van der Waals surface area contributed by atoms with Gasteiger partial charge in [-0.25, -0.2) is 9.97 Å². The van der Waals surface area contributed by atoms with Crippen LogP contribution in [0.15, 0.2) is 6.33 Å². The first-order valence-corrected chi connectivity index (χ1v) is 5.77. The fraction of sp³-hybridized carbons (Fsp3) is 0.667. The molecule has 1 N–H and O–H groups in total. The molecule has 0 unspecified atom stereocenters. The average molecular weight is 223 g/mol. The van der Waals surface area contributed by atoms with Crippen molar-refractivity contribution >= 4 is 5.82 Å². The van der Waals surface area contributed by atoms with Gasteiger partial charge < -0.3 is 10.1 Å². The minimum absolute atomic E-state index is 0.683. The predicted molar refractivity (Wildman–Crippen MR) is 65.9 cm³/mol. The van der Waals surface area contributed by atoms with E-state index >= 15 is 0 Å². The molecule has 0 amide bonds. The standard InChI is InChI=1S/C12H21N3O/c1-9(2)6-5-7-16-12-10(3)11(13-4)14-8-15-12/h8-9H,5-7H2,1-4H3,(H,13,14,15). The predicted octanol–water partition coefficient (Wildman–Crippen LogP) is 2.64. The third kappa shape index (κ3) is 3.68. The van der Waals surface area contributed by atoms with Gasteiger partial charge in [0.2, 0.25) is 5.88 Å². The molecule has 0 bridgehead atoms. The molecule has 4 heteroatoms. The van der Waals surface area contributed by atoms with Crippen LogP contribution in [0.4, 0.5) is 5.82 Å². The zero-order valence-corrected chi connectivity index (χ0v) is 10.6. The topological polar surface area (TPSA) is 47.0 Å². The van der Waals surface area contributed by atoms with Crippen LogP contribution in [0.1, 0.15) is 32.3 Å². The summed E-state index contributed by atoms with van der Waals surface area (Å²) >= 11 is 0. The third-order valence-corrected chi connectivity index (χ3v) is 2.44. The number of nitrogens with zero attached hydrogens (tertiary/aromatic N) is 2. The lowest BCUT2D eigenvalue weighted by Gasteiger charge is -2.10. The van der Waals surface area contributed by atoms with Gasteiger partial charge in [0.25, 0.3) is 0 Å². The summed E-state index contributed by atoms with van der Waals surface area (Å²) in [5, 5.41) is 3.01. The molecule has 0 aliphatic heterocycles. The summed E-state index contributed by atoms with van der Waals surface area (Å²) in [7, 11) is 1.85. The van der Waals surface area contributed by atoms with Gasteiger partial charge in [0, 0.05) is 7.05 Å². The third-order valence-electron chi connectivity index (χ3n) is 2.44. The van der Waals surface area contributed by atoms with Gasteiger partial charge in [-0.05, 0) is 25.7 Å². The largest absolute Gasteiger partial charge is 0.477 e. The molecule has 0 atom stereocenters. The first-order chi connectivity index (χ1) is 7.65. The van der Waals surface area contributed by atoms with E-state index in [4.69, 9.17) is 4.74 Å². The number of hydrogen-bond acceptors (Lipinski definition) is 4. The van der Waals surface area contributed by atoms with Gasteiger partial charge in [-0.3, -0.25) is 0 Å². The van der Waals surface area contributed by atoms with Crippen LogP contribution in [0.2, 0.25) is 0 Å². The highest BCUT2D eigenvalue weighted by Crippen LogP contribution is 2.19. The summed E-state index contributed by atoms with van der Waals surface area (Å²) in [6.45, 7) is 7.12. The maximum Gasteiger partial charge on any atom is 0.221 e. The van der Waals surface area contributed by atoms with E-state index < -0.39 is 0 Å². The maximum atomic E-state index is 5.64. The van der Waals surface area contributed by atoms with Crippen LogP contribution in [0.25, 0.3) is 0 Å². The molecule has 0 spiro atoms. The van der Waals surface area contributed by atoms with Crippen molar-refractivity contribution in [3.05, 3.63) is 11.9 Å². The second-order valence-electron chi connectivity index (χ2n) is 4.29. The van der Waals surface area contributed by atoms with Crippen LogP contribution in [-0.2, 0) is 0 Å². The summed E-state index contributed by atoms with van der Waals surface area (Å²) < 4.78 is 5.64. The lowest BCUT2D eigenvalue weighted by Crippen LogP contribution is -2.05. The van der Waals surface area contributed by atoms with E-state index in [0.717, 1.165) is 30.3 Å². The average Bonchev–Trinajstić information content (AvgIpc) is 2.26. The maximum absolute atomic E-state index is 5.64. The monoisotopic (exact) mass is 223 g/mol. The second-order valence-corrected chi connectivity index (χ2v) is 4.29. The second kappa shape index (κ2) is 6.30. The molecule has 0 saturated heterocycles. The number of anilines is 1. The van der Waals surface area contributed by atoms with Gasteiger partial charge in [-0.15, -0.1) is 0 Å². The van der Waals surface area contributed by atoms with E-state index in [1.165, 1.54) is 12.7 Å². The fourth-order valence-corrected chi connectivity index (χ4v) is 1.49. The van der Waals surface area contributed by atoms with Crippen molar-refractivity contribution in [1.29, 1.82) is 0 Å². The highest BCUT2D eigenvalue weighted by Gasteiger charge is 2.06. The first kappa shape index (κ1) is 12.7. The first-order valence-electron chi connectivity index (χ1n) is 5.77. The van der Waals surface area contributed by atoms with Crippen LogP contribution in [0, 0.1) is 12.8 Å². The Morgan fingerprint density at radius 3 is 2.75 bits per heavy atom. The number of hydrogen-bond donors (Lipinski definition) is 1. The van der Waals surface area contributed by atoms with Crippen molar-refractivity contribution in [3.63, 3.8) is 0 Å². The highest BCUT2D eigenvalue weighted by molar-refractivity contribution is 5.46.